The summed E-state index contributed by atoms with van der Waals surface area (Å²) in [4.78, 5) is 42.1. The molecule has 1 aromatic heterocycles. The number of para-hydroxylation sites is 1. The van der Waals surface area contributed by atoms with Crippen molar-refractivity contribution in [3.63, 3.8) is 0 Å². The molecule has 0 saturated carbocycles. The molecule has 0 spiro atoms. The quantitative estimate of drug-likeness (QED) is 0.166. The zero-order chi connectivity index (χ0) is 23.4. The van der Waals surface area contributed by atoms with E-state index < -0.39 is 18.4 Å². The number of nitrogens with zero attached hydrogens (tertiary/aromatic N) is 2. The van der Waals surface area contributed by atoms with Gasteiger partial charge in [0.15, 0.2) is 17.8 Å². The molecule has 12 nitrogen and oxygen atoms in total. The minimum absolute atomic E-state index is 0.195. The maximum absolute atomic E-state index is 11.5. The lowest BCUT2D eigenvalue weighted by atomic mass is 10.0. The first kappa shape index (κ1) is 22.2. The Hall–Kier alpha value is -4.00. The molecule has 3 aromatic rings. The molecule has 2 amide bonds. The fourth-order valence-corrected chi connectivity index (χ4v) is 3.66. The number of hydrogen-bond donors (Lipinski definition) is 5. The summed E-state index contributed by atoms with van der Waals surface area (Å²) in [5.74, 6) is 10.7. The number of ether oxygens (including phenoxy) is 1. The second kappa shape index (κ2) is 9.65. The van der Waals surface area contributed by atoms with Gasteiger partial charge in [-0.05, 0) is 37.1 Å². The van der Waals surface area contributed by atoms with Gasteiger partial charge in [-0.25, -0.2) is 36.1 Å². The van der Waals surface area contributed by atoms with Gasteiger partial charge in [0.1, 0.15) is 0 Å². The van der Waals surface area contributed by atoms with E-state index in [2.05, 4.69) is 10.2 Å². The van der Waals surface area contributed by atoms with Crippen molar-refractivity contribution in [3.8, 4) is 17.1 Å². The Bertz CT molecular complexity index is 1190. The molecule has 2 heterocycles. The number of rotatable bonds is 5. The number of hydrazine groups is 2. The van der Waals surface area contributed by atoms with E-state index in [9.17, 15) is 9.59 Å². The molecule has 2 atom stereocenters. The van der Waals surface area contributed by atoms with Crippen molar-refractivity contribution in [2.24, 2.45) is 11.7 Å². The third kappa shape index (κ3) is 4.92. The Labute approximate surface area is 188 Å². The van der Waals surface area contributed by atoms with Crippen LogP contribution in [0.25, 0.3) is 22.3 Å². The molecular formula is C21H23N7O5. The fourth-order valence-electron chi connectivity index (χ4n) is 3.66. The number of carbonyl (C=O) groups excluding carboxylic acids is 2. The lowest BCUT2D eigenvalue weighted by Gasteiger charge is -2.17. The van der Waals surface area contributed by atoms with Crippen LogP contribution >= 0.6 is 0 Å². The highest BCUT2D eigenvalue weighted by Gasteiger charge is 2.30. The van der Waals surface area contributed by atoms with Crippen LogP contribution in [0.4, 0.5) is 9.59 Å². The monoisotopic (exact) mass is 453 g/mol. The molecule has 1 aliphatic heterocycles. The largest absolute Gasteiger partial charge is 0.464 e. The van der Waals surface area contributed by atoms with Crippen LogP contribution in [-0.4, -0.2) is 28.4 Å². The van der Waals surface area contributed by atoms with Gasteiger partial charge in [-0.1, -0.05) is 24.3 Å². The van der Waals surface area contributed by atoms with Crippen molar-refractivity contribution < 1.29 is 24.1 Å². The molecule has 33 heavy (non-hydrogen) atoms. The Morgan fingerprint density at radius 1 is 1.06 bits per heavy atom. The van der Waals surface area contributed by atoms with E-state index in [0.29, 0.717) is 24.2 Å². The van der Waals surface area contributed by atoms with Crippen LogP contribution in [0.5, 0.6) is 5.75 Å². The molecule has 0 bridgehead atoms. The first-order chi connectivity index (χ1) is 16.0. The first-order valence-corrected chi connectivity index (χ1v) is 10.1. The topological polar surface area (TPSA) is 176 Å². The van der Waals surface area contributed by atoms with Gasteiger partial charge in [-0.15, -0.1) is 0 Å². The zero-order valence-electron chi connectivity index (χ0n) is 17.7. The van der Waals surface area contributed by atoms with E-state index in [-0.39, 0.29) is 11.8 Å². The van der Waals surface area contributed by atoms with E-state index in [4.69, 9.17) is 31.3 Å². The molecule has 172 valence electrons. The van der Waals surface area contributed by atoms with Gasteiger partial charge in [0, 0.05) is 11.8 Å². The third-order valence-corrected chi connectivity index (χ3v) is 5.14. The number of aryl methyl sites for hydroxylation is 1. The van der Waals surface area contributed by atoms with E-state index >= 15 is 0 Å². The van der Waals surface area contributed by atoms with E-state index in [1.165, 1.54) is 0 Å². The number of hydrogen-bond acceptors (Lipinski definition) is 10. The number of amides is 2. The second-order valence-electron chi connectivity index (χ2n) is 7.38. The molecule has 1 unspecified atom stereocenters. The SMILES string of the molecule is Cc1ccc2c([C@@H]3CCC(OC(=O)NN)N3)nc(-c3ccccc3OOC(=O)NN)nc2c1. The average Bonchev–Trinajstić information content (AvgIpc) is 3.29. The lowest BCUT2D eigenvalue weighted by Crippen LogP contribution is -2.37. The highest BCUT2D eigenvalue weighted by atomic mass is 17.2. The minimum Gasteiger partial charge on any atom is -0.429 e. The number of nitrogens with two attached hydrogens (primary N) is 2. The molecular weight excluding hydrogens is 430 g/mol. The predicted octanol–water partition coefficient (Wildman–Crippen LogP) is 1.85. The molecule has 1 fully saturated rings. The highest BCUT2D eigenvalue weighted by molar-refractivity contribution is 5.84. The molecule has 2 aromatic carbocycles. The Morgan fingerprint density at radius 3 is 2.64 bits per heavy atom. The summed E-state index contributed by atoms with van der Waals surface area (Å²) in [6, 6.07) is 12.6. The summed E-state index contributed by atoms with van der Waals surface area (Å²) in [7, 11) is 0. The van der Waals surface area contributed by atoms with Gasteiger partial charge >= 0.3 is 12.2 Å². The second-order valence-corrected chi connectivity index (χ2v) is 7.38. The Kier molecular flexibility index (Phi) is 6.49. The summed E-state index contributed by atoms with van der Waals surface area (Å²) in [5, 5.41) is 4.13. The number of nitrogens with one attached hydrogen (secondary N) is 3. The van der Waals surface area contributed by atoms with Gasteiger partial charge < -0.3 is 4.74 Å². The van der Waals surface area contributed by atoms with Crippen molar-refractivity contribution in [3.05, 3.63) is 53.7 Å². The van der Waals surface area contributed by atoms with Gasteiger partial charge in [0.05, 0.1) is 22.8 Å². The molecule has 1 saturated heterocycles. The van der Waals surface area contributed by atoms with Crippen molar-refractivity contribution in [2.75, 3.05) is 0 Å². The number of aromatic nitrogens is 2. The first-order valence-electron chi connectivity index (χ1n) is 10.1. The number of fused-ring (bicyclic) bond motifs is 1. The molecule has 4 rings (SSSR count). The van der Waals surface area contributed by atoms with Crippen molar-refractivity contribution in [2.45, 2.75) is 32.0 Å². The molecule has 1 aliphatic rings. The van der Waals surface area contributed by atoms with E-state index in [1.54, 1.807) is 24.3 Å². The van der Waals surface area contributed by atoms with Crippen LogP contribution in [-0.2, 0) is 9.62 Å². The summed E-state index contributed by atoms with van der Waals surface area (Å²) < 4.78 is 5.23. The van der Waals surface area contributed by atoms with E-state index in [1.807, 2.05) is 36.0 Å². The normalized spacial score (nSPS) is 17.4. The van der Waals surface area contributed by atoms with Crippen LogP contribution in [0.3, 0.4) is 0 Å². The van der Waals surface area contributed by atoms with Gasteiger partial charge in [-0.2, -0.15) is 0 Å². The standard InChI is InChI=1S/C21H23N7O5/c1-11-6-7-12-15(10-11)25-19(13-4-2-3-5-16(13)32-33-21(30)28-23)26-18(12)14-8-9-17(24-14)31-20(29)27-22/h2-7,10,14,17,24H,8-9,22-23H2,1H3,(H,27,29)(H,28,30)/t14-,17?/m0/s1. The number of benzene rings is 2. The minimum atomic E-state index is -0.955. The summed E-state index contributed by atoms with van der Waals surface area (Å²) in [5.41, 5.74) is 6.79. The van der Waals surface area contributed by atoms with E-state index in [0.717, 1.165) is 22.2 Å². The van der Waals surface area contributed by atoms with Crippen LogP contribution in [0, 0.1) is 6.92 Å². The van der Waals surface area contributed by atoms with Crippen molar-refractivity contribution in [1.29, 1.82) is 0 Å². The zero-order valence-corrected chi connectivity index (χ0v) is 17.7. The van der Waals surface area contributed by atoms with Crippen LogP contribution in [0.15, 0.2) is 42.5 Å². The maximum atomic E-state index is 11.5. The van der Waals surface area contributed by atoms with Crippen LogP contribution in [0.2, 0.25) is 0 Å². The van der Waals surface area contributed by atoms with Crippen molar-refractivity contribution in [1.82, 2.24) is 26.1 Å². The molecule has 0 aliphatic carbocycles. The Morgan fingerprint density at radius 2 is 1.85 bits per heavy atom. The smallest absolute Gasteiger partial charge is 0.429 e. The maximum Gasteiger partial charge on any atom is 0.464 e. The summed E-state index contributed by atoms with van der Waals surface area (Å²) in [6.07, 6.45) is -0.907. The summed E-state index contributed by atoms with van der Waals surface area (Å²) >= 11 is 0. The Balaban J connectivity index is 1.73. The molecule has 0 radical (unpaired) electrons. The van der Waals surface area contributed by atoms with Gasteiger partial charge in [0.2, 0.25) is 0 Å². The van der Waals surface area contributed by atoms with Gasteiger partial charge in [-0.3, -0.25) is 21.1 Å². The highest BCUT2D eigenvalue weighted by Crippen LogP contribution is 2.34. The average molecular weight is 453 g/mol. The third-order valence-electron chi connectivity index (χ3n) is 5.14. The summed E-state index contributed by atoms with van der Waals surface area (Å²) in [6.45, 7) is 1.97. The molecule has 7 N–H and O–H groups in total. The van der Waals surface area contributed by atoms with Crippen LogP contribution < -0.4 is 32.7 Å². The number of carbonyl (C=O) groups is 2. The lowest BCUT2D eigenvalue weighted by molar-refractivity contribution is -0.142. The fraction of sp³-hybridized carbons (Fsp3) is 0.238. The molecule has 12 heteroatoms. The predicted molar refractivity (Wildman–Crippen MR) is 117 cm³/mol. The van der Waals surface area contributed by atoms with Gasteiger partial charge in [0.25, 0.3) is 0 Å². The van der Waals surface area contributed by atoms with Crippen LogP contribution in [0.1, 0.15) is 30.1 Å². The van der Waals surface area contributed by atoms with Crippen molar-refractivity contribution >= 4 is 23.1 Å².